The Morgan fingerprint density at radius 1 is 1.23 bits per heavy atom. The smallest absolute Gasteiger partial charge is 0.265 e. The maximum Gasteiger partial charge on any atom is 0.265 e. The Morgan fingerprint density at radius 3 is 2.58 bits per heavy atom. The number of carbonyl (C=O) groups is 1. The normalized spacial score (nSPS) is 16.6. The molecule has 0 saturated heterocycles. The first kappa shape index (κ1) is 18.3. The predicted octanol–water partition coefficient (Wildman–Crippen LogP) is 2.18. The highest BCUT2D eigenvalue weighted by molar-refractivity contribution is 7.92. The van der Waals surface area contributed by atoms with Crippen LogP contribution in [0, 0.1) is 6.92 Å². The van der Waals surface area contributed by atoms with E-state index >= 15 is 0 Å². The van der Waals surface area contributed by atoms with Gasteiger partial charge in [0.05, 0.1) is 18.5 Å². The van der Waals surface area contributed by atoms with Crippen molar-refractivity contribution in [1.82, 2.24) is 4.90 Å². The summed E-state index contributed by atoms with van der Waals surface area (Å²) in [5, 5.41) is 0. The van der Waals surface area contributed by atoms with Gasteiger partial charge in [0.1, 0.15) is 5.75 Å². The summed E-state index contributed by atoms with van der Waals surface area (Å²) in [6.45, 7) is 2.28. The molecule has 1 atom stereocenters. The Morgan fingerprint density at radius 2 is 1.92 bits per heavy atom. The van der Waals surface area contributed by atoms with Crippen molar-refractivity contribution in [1.29, 1.82) is 0 Å². The average molecular weight is 374 g/mol. The SMILES string of the molecule is Cc1ccc2c(c1)N(S(C)(=O)=O)CC(C(=O)N(C)Cc1ccccc1)O2. The molecule has 1 unspecified atom stereocenters. The molecule has 6 nitrogen and oxygen atoms in total. The lowest BCUT2D eigenvalue weighted by molar-refractivity contribution is -0.137. The molecule has 1 aliphatic rings. The fourth-order valence-electron chi connectivity index (χ4n) is 2.99. The average Bonchev–Trinajstić information content (AvgIpc) is 2.60. The molecular formula is C19H22N2O4S. The Bertz CT molecular complexity index is 912. The molecule has 138 valence electrons. The molecule has 0 spiro atoms. The second-order valence-electron chi connectivity index (χ2n) is 6.55. The zero-order valence-electron chi connectivity index (χ0n) is 15.0. The van der Waals surface area contributed by atoms with Crippen LogP contribution in [0.4, 0.5) is 5.69 Å². The fourth-order valence-corrected chi connectivity index (χ4v) is 3.89. The maximum atomic E-state index is 12.8. The van der Waals surface area contributed by atoms with Crippen LogP contribution in [0.15, 0.2) is 48.5 Å². The molecule has 2 aromatic rings. The molecule has 1 aliphatic heterocycles. The highest BCUT2D eigenvalue weighted by Crippen LogP contribution is 2.36. The number of aryl methyl sites for hydroxylation is 1. The number of carbonyl (C=O) groups excluding carboxylic acids is 1. The number of hydrogen-bond donors (Lipinski definition) is 0. The van der Waals surface area contributed by atoms with Crippen LogP contribution < -0.4 is 9.04 Å². The Labute approximate surface area is 154 Å². The van der Waals surface area contributed by atoms with Crippen LogP contribution in [-0.2, 0) is 21.4 Å². The van der Waals surface area contributed by atoms with Crippen LogP contribution in [0.5, 0.6) is 5.75 Å². The molecule has 26 heavy (non-hydrogen) atoms. The first-order valence-electron chi connectivity index (χ1n) is 8.29. The van der Waals surface area contributed by atoms with Crippen molar-refractivity contribution in [2.45, 2.75) is 19.6 Å². The standard InChI is InChI=1S/C19H22N2O4S/c1-14-9-10-17-16(11-14)21(26(3,23)24)13-18(25-17)19(22)20(2)12-15-7-5-4-6-8-15/h4-11,18H,12-13H2,1-3H3. The van der Waals surface area contributed by atoms with Crippen molar-refractivity contribution in [3.05, 3.63) is 59.7 Å². The van der Waals surface area contributed by atoms with E-state index in [4.69, 9.17) is 4.74 Å². The van der Waals surface area contributed by atoms with Gasteiger partial charge in [0.25, 0.3) is 5.91 Å². The zero-order chi connectivity index (χ0) is 18.9. The summed E-state index contributed by atoms with van der Waals surface area (Å²) in [6, 6.07) is 14.9. The van der Waals surface area contributed by atoms with Gasteiger partial charge in [-0.15, -0.1) is 0 Å². The molecule has 0 bridgehead atoms. The first-order chi connectivity index (χ1) is 12.3. The molecule has 0 aliphatic carbocycles. The number of sulfonamides is 1. The lowest BCUT2D eigenvalue weighted by Gasteiger charge is -2.35. The second-order valence-corrected chi connectivity index (χ2v) is 8.46. The molecule has 0 N–H and O–H groups in total. The van der Waals surface area contributed by atoms with Gasteiger partial charge in [-0.2, -0.15) is 0 Å². The van der Waals surface area contributed by atoms with E-state index in [-0.39, 0.29) is 12.5 Å². The Kier molecular flexibility index (Phi) is 4.91. The number of anilines is 1. The summed E-state index contributed by atoms with van der Waals surface area (Å²) in [6.07, 6.45) is 0.258. The maximum absolute atomic E-state index is 12.8. The van der Waals surface area contributed by atoms with Gasteiger partial charge in [-0.25, -0.2) is 8.42 Å². The van der Waals surface area contributed by atoms with Crippen molar-refractivity contribution in [3.8, 4) is 5.75 Å². The largest absolute Gasteiger partial charge is 0.476 e. The van der Waals surface area contributed by atoms with Crippen molar-refractivity contribution in [3.63, 3.8) is 0 Å². The van der Waals surface area contributed by atoms with E-state index in [1.54, 1.807) is 24.1 Å². The Hall–Kier alpha value is -2.54. The monoisotopic (exact) mass is 374 g/mol. The third-order valence-electron chi connectivity index (χ3n) is 4.30. The summed E-state index contributed by atoms with van der Waals surface area (Å²) in [5.74, 6) is 0.146. The van der Waals surface area contributed by atoms with E-state index in [0.29, 0.717) is 18.0 Å². The molecular weight excluding hydrogens is 352 g/mol. The van der Waals surface area contributed by atoms with Crippen molar-refractivity contribution < 1.29 is 17.9 Å². The lowest BCUT2D eigenvalue weighted by Crippen LogP contribution is -2.50. The van der Waals surface area contributed by atoms with E-state index in [0.717, 1.165) is 17.4 Å². The Balaban J connectivity index is 1.85. The van der Waals surface area contributed by atoms with Crippen LogP contribution in [0.2, 0.25) is 0 Å². The van der Waals surface area contributed by atoms with E-state index in [2.05, 4.69) is 0 Å². The van der Waals surface area contributed by atoms with Crippen LogP contribution in [0.1, 0.15) is 11.1 Å². The summed E-state index contributed by atoms with van der Waals surface area (Å²) in [7, 11) is -1.84. The van der Waals surface area contributed by atoms with Crippen molar-refractivity contribution in [2.75, 3.05) is 24.2 Å². The third kappa shape index (κ3) is 3.83. The molecule has 0 aromatic heterocycles. The van der Waals surface area contributed by atoms with Gasteiger partial charge in [0.2, 0.25) is 10.0 Å². The number of amides is 1. The van der Waals surface area contributed by atoms with Crippen molar-refractivity contribution >= 4 is 21.6 Å². The van der Waals surface area contributed by atoms with Crippen LogP contribution in [0.25, 0.3) is 0 Å². The predicted molar refractivity (Wildman–Crippen MR) is 101 cm³/mol. The number of hydrogen-bond acceptors (Lipinski definition) is 4. The van der Waals surface area contributed by atoms with E-state index in [9.17, 15) is 13.2 Å². The quantitative estimate of drug-likeness (QED) is 0.823. The topological polar surface area (TPSA) is 66.9 Å². The molecule has 2 aromatic carbocycles. The van der Waals surface area contributed by atoms with Crippen LogP contribution >= 0.6 is 0 Å². The summed E-state index contributed by atoms with van der Waals surface area (Å²) >= 11 is 0. The number of nitrogens with zero attached hydrogens (tertiary/aromatic N) is 2. The first-order valence-corrected chi connectivity index (χ1v) is 10.1. The van der Waals surface area contributed by atoms with Gasteiger partial charge in [-0.05, 0) is 30.2 Å². The molecule has 1 heterocycles. The number of benzene rings is 2. The number of rotatable bonds is 4. The minimum absolute atomic E-state index is 0.0345. The number of fused-ring (bicyclic) bond motifs is 1. The molecule has 0 fully saturated rings. The molecule has 3 rings (SSSR count). The van der Waals surface area contributed by atoms with E-state index in [1.165, 1.54) is 4.31 Å². The number of likely N-dealkylation sites (N-methyl/N-ethyl adjacent to an activating group) is 1. The van der Waals surface area contributed by atoms with E-state index in [1.807, 2.05) is 43.3 Å². The van der Waals surface area contributed by atoms with Gasteiger partial charge in [-0.1, -0.05) is 36.4 Å². The van der Waals surface area contributed by atoms with Crippen LogP contribution in [0.3, 0.4) is 0 Å². The molecule has 0 radical (unpaired) electrons. The van der Waals surface area contributed by atoms with Gasteiger partial charge in [0.15, 0.2) is 6.10 Å². The third-order valence-corrected chi connectivity index (χ3v) is 5.44. The zero-order valence-corrected chi connectivity index (χ0v) is 15.9. The second kappa shape index (κ2) is 6.99. The highest BCUT2D eigenvalue weighted by atomic mass is 32.2. The van der Waals surface area contributed by atoms with Crippen molar-refractivity contribution in [2.24, 2.45) is 0 Å². The molecule has 7 heteroatoms. The minimum atomic E-state index is -3.52. The van der Waals surface area contributed by atoms with E-state index < -0.39 is 16.1 Å². The van der Waals surface area contributed by atoms with Crippen LogP contribution in [-0.4, -0.2) is 45.2 Å². The van der Waals surface area contributed by atoms with Gasteiger partial charge >= 0.3 is 0 Å². The lowest BCUT2D eigenvalue weighted by atomic mass is 10.1. The molecule has 0 saturated carbocycles. The van der Waals surface area contributed by atoms with Gasteiger partial charge < -0.3 is 9.64 Å². The fraction of sp³-hybridized carbons (Fsp3) is 0.316. The van der Waals surface area contributed by atoms with Gasteiger partial charge in [-0.3, -0.25) is 9.10 Å². The summed E-state index contributed by atoms with van der Waals surface area (Å²) in [4.78, 5) is 14.4. The van der Waals surface area contributed by atoms with Gasteiger partial charge in [0, 0.05) is 13.6 Å². The summed E-state index contributed by atoms with van der Waals surface area (Å²) < 4.78 is 31.6. The number of ether oxygens (including phenoxy) is 1. The summed E-state index contributed by atoms with van der Waals surface area (Å²) in [5.41, 5.74) is 2.39. The minimum Gasteiger partial charge on any atom is -0.476 e. The highest BCUT2D eigenvalue weighted by Gasteiger charge is 2.36. The molecule has 1 amide bonds.